The first kappa shape index (κ1) is 22.8. The van der Waals surface area contributed by atoms with Gasteiger partial charge >= 0.3 is 0 Å². The normalized spacial score (nSPS) is 18.2. The van der Waals surface area contributed by atoms with E-state index in [1.54, 1.807) is 42.5 Å². The molecule has 0 aromatic heterocycles. The molecule has 2 aliphatic carbocycles. The zero-order valence-corrected chi connectivity index (χ0v) is 19.8. The van der Waals surface area contributed by atoms with Crippen LogP contribution >= 0.6 is 0 Å². The summed E-state index contributed by atoms with van der Waals surface area (Å²) < 4.78 is 0. The lowest BCUT2D eigenvalue weighted by Crippen LogP contribution is -2.00. The third kappa shape index (κ3) is 3.88. The molecule has 4 heteroatoms. The zero-order valence-electron chi connectivity index (χ0n) is 19.8. The van der Waals surface area contributed by atoms with Crippen LogP contribution < -0.4 is 0 Å². The molecule has 0 fully saturated rings. The van der Waals surface area contributed by atoms with Crippen LogP contribution in [0.4, 0.5) is 0 Å². The Morgan fingerprint density at radius 3 is 1.78 bits per heavy atom. The van der Waals surface area contributed by atoms with Crippen molar-refractivity contribution in [2.75, 3.05) is 0 Å². The molecule has 4 nitrogen and oxygen atoms in total. The minimum Gasteiger partial charge on any atom is -0.383 e. The third-order valence-electron chi connectivity index (χ3n) is 6.97. The molecule has 2 aliphatic rings. The zero-order chi connectivity index (χ0) is 25.5. The molecule has 4 aromatic rings. The SMILES string of the molecule is O=C1C(=CC/C=C/C=CC=C2C(=O)c3cc4ccccc4cc3C2O)C(=O)c2cc3ccccc3cc21. The highest BCUT2D eigenvalue weighted by Crippen LogP contribution is 2.38. The quantitative estimate of drug-likeness (QED) is 0.201. The number of aliphatic hydroxyl groups is 1. The van der Waals surface area contributed by atoms with E-state index in [1.807, 2.05) is 66.7 Å². The molecule has 37 heavy (non-hydrogen) atoms. The second kappa shape index (κ2) is 9.08. The molecule has 0 aliphatic heterocycles. The predicted molar refractivity (Wildman–Crippen MR) is 145 cm³/mol. The molecule has 0 amide bonds. The number of rotatable bonds is 4. The first-order valence-electron chi connectivity index (χ1n) is 12.1. The number of aliphatic hydroxyl groups excluding tert-OH is 1. The van der Waals surface area contributed by atoms with E-state index in [4.69, 9.17) is 0 Å². The van der Waals surface area contributed by atoms with Crippen molar-refractivity contribution < 1.29 is 19.5 Å². The average molecular weight is 483 g/mol. The Kier molecular flexibility index (Phi) is 5.59. The Morgan fingerprint density at radius 1 is 0.649 bits per heavy atom. The number of fused-ring (bicyclic) bond motifs is 4. The van der Waals surface area contributed by atoms with Crippen molar-refractivity contribution in [2.45, 2.75) is 12.5 Å². The number of ketones is 3. The van der Waals surface area contributed by atoms with Crippen LogP contribution in [0.25, 0.3) is 21.5 Å². The molecule has 1 atom stereocenters. The summed E-state index contributed by atoms with van der Waals surface area (Å²) in [5, 5.41) is 14.5. The number of hydrogen-bond donors (Lipinski definition) is 1. The van der Waals surface area contributed by atoms with Crippen LogP contribution in [0.2, 0.25) is 0 Å². The fourth-order valence-electron chi connectivity index (χ4n) is 5.06. The van der Waals surface area contributed by atoms with Gasteiger partial charge in [0.15, 0.2) is 17.3 Å². The number of Topliss-reactive ketones (excluding diaryl/α,β-unsaturated/α-hetero) is 3. The predicted octanol–water partition coefficient (Wildman–Crippen LogP) is 6.66. The van der Waals surface area contributed by atoms with Crippen molar-refractivity contribution in [1.82, 2.24) is 0 Å². The number of carbonyl (C=O) groups is 3. The average Bonchev–Trinajstić information content (AvgIpc) is 3.29. The van der Waals surface area contributed by atoms with Gasteiger partial charge in [0, 0.05) is 22.3 Å². The van der Waals surface area contributed by atoms with Gasteiger partial charge in [-0.1, -0.05) is 85.0 Å². The molecule has 1 N–H and O–H groups in total. The lowest BCUT2D eigenvalue weighted by molar-refractivity contribution is 0.0984. The largest absolute Gasteiger partial charge is 0.383 e. The number of hydrogen-bond acceptors (Lipinski definition) is 4. The molecule has 6 rings (SSSR count). The van der Waals surface area contributed by atoms with Crippen LogP contribution in [0.1, 0.15) is 49.2 Å². The molecule has 0 saturated heterocycles. The van der Waals surface area contributed by atoms with Crippen molar-refractivity contribution in [3.05, 3.63) is 143 Å². The van der Waals surface area contributed by atoms with Crippen LogP contribution in [0.15, 0.2) is 120 Å². The Morgan fingerprint density at radius 2 is 1.19 bits per heavy atom. The van der Waals surface area contributed by atoms with Gasteiger partial charge in [0.1, 0.15) is 6.10 Å². The molecule has 1 unspecified atom stereocenters. The van der Waals surface area contributed by atoms with Gasteiger partial charge < -0.3 is 5.11 Å². The van der Waals surface area contributed by atoms with Crippen molar-refractivity contribution in [2.24, 2.45) is 0 Å². The summed E-state index contributed by atoms with van der Waals surface area (Å²) in [6.45, 7) is 0. The maximum Gasteiger partial charge on any atom is 0.197 e. The van der Waals surface area contributed by atoms with Crippen molar-refractivity contribution in [3.8, 4) is 0 Å². The molecule has 178 valence electrons. The highest BCUT2D eigenvalue weighted by molar-refractivity contribution is 6.40. The Hall–Kier alpha value is -4.67. The second-order valence-electron chi connectivity index (χ2n) is 9.21. The van der Waals surface area contributed by atoms with Gasteiger partial charge in [-0.15, -0.1) is 0 Å². The Balaban J connectivity index is 1.14. The van der Waals surface area contributed by atoms with Gasteiger partial charge in [0.2, 0.25) is 0 Å². The number of benzene rings is 4. The fraction of sp³-hybridized carbons (Fsp3) is 0.0606. The number of allylic oxidation sites excluding steroid dienone is 7. The van der Waals surface area contributed by atoms with E-state index in [9.17, 15) is 19.5 Å². The number of carbonyl (C=O) groups excluding carboxylic acids is 3. The van der Waals surface area contributed by atoms with E-state index in [1.165, 1.54) is 0 Å². The maximum atomic E-state index is 12.8. The van der Waals surface area contributed by atoms with Gasteiger partial charge in [0.05, 0.1) is 5.57 Å². The highest BCUT2D eigenvalue weighted by atomic mass is 16.3. The highest BCUT2D eigenvalue weighted by Gasteiger charge is 2.34. The van der Waals surface area contributed by atoms with Crippen LogP contribution in [-0.4, -0.2) is 22.5 Å². The third-order valence-corrected chi connectivity index (χ3v) is 6.97. The first-order valence-corrected chi connectivity index (χ1v) is 12.1. The molecule has 0 spiro atoms. The molecule has 0 heterocycles. The van der Waals surface area contributed by atoms with E-state index in [0.717, 1.165) is 21.5 Å². The van der Waals surface area contributed by atoms with E-state index in [0.29, 0.717) is 34.2 Å². The lowest BCUT2D eigenvalue weighted by Gasteiger charge is -2.05. The smallest absolute Gasteiger partial charge is 0.197 e. The minimum absolute atomic E-state index is 0.169. The van der Waals surface area contributed by atoms with E-state index in [2.05, 4.69) is 0 Å². The molecule has 4 aromatic carbocycles. The van der Waals surface area contributed by atoms with Crippen molar-refractivity contribution >= 4 is 38.9 Å². The fourth-order valence-corrected chi connectivity index (χ4v) is 5.06. The van der Waals surface area contributed by atoms with Gasteiger partial charge in [0.25, 0.3) is 0 Å². The summed E-state index contributed by atoms with van der Waals surface area (Å²) in [7, 11) is 0. The van der Waals surface area contributed by atoms with Crippen LogP contribution in [-0.2, 0) is 0 Å². The summed E-state index contributed by atoms with van der Waals surface area (Å²) in [6.07, 6.45) is 9.83. The van der Waals surface area contributed by atoms with Crippen LogP contribution in [0.5, 0.6) is 0 Å². The van der Waals surface area contributed by atoms with Crippen LogP contribution in [0, 0.1) is 0 Å². The maximum absolute atomic E-state index is 12.8. The summed E-state index contributed by atoms with van der Waals surface area (Å²) in [5.41, 5.74) is 2.62. The van der Waals surface area contributed by atoms with Crippen LogP contribution in [0.3, 0.4) is 0 Å². The molecular formula is C33H22O4. The molecule has 0 saturated carbocycles. The summed E-state index contributed by atoms with van der Waals surface area (Å²) in [5.74, 6) is -0.641. The van der Waals surface area contributed by atoms with E-state index < -0.39 is 6.10 Å². The van der Waals surface area contributed by atoms with Gasteiger partial charge in [-0.05, 0) is 57.8 Å². The lowest BCUT2D eigenvalue weighted by atomic mass is 10.0. The summed E-state index contributed by atoms with van der Waals surface area (Å²) >= 11 is 0. The van der Waals surface area contributed by atoms with Gasteiger partial charge in [-0.2, -0.15) is 0 Å². The van der Waals surface area contributed by atoms with E-state index >= 15 is 0 Å². The molecule has 0 radical (unpaired) electrons. The monoisotopic (exact) mass is 482 g/mol. The minimum atomic E-state index is -0.955. The second-order valence-corrected chi connectivity index (χ2v) is 9.21. The molecular weight excluding hydrogens is 460 g/mol. The Labute approximate surface area is 213 Å². The topological polar surface area (TPSA) is 71.4 Å². The van der Waals surface area contributed by atoms with Crippen molar-refractivity contribution in [1.29, 1.82) is 0 Å². The van der Waals surface area contributed by atoms with Gasteiger partial charge in [-0.3, -0.25) is 14.4 Å². The van der Waals surface area contributed by atoms with Gasteiger partial charge in [-0.25, -0.2) is 0 Å². The molecule has 0 bridgehead atoms. The van der Waals surface area contributed by atoms with Crippen molar-refractivity contribution in [3.63, 3.8) is 0 Å². The summed E-state index contributed by atoms with van der Waals surface area (Å²) in [4.78, 5) is 38.5. The van der Waals surface area contributed by atoms with E-state index in [-0.39, 0.29) is 22.9 Å². The Bertz CT molecular complexity index is 1710. The standard InChI is InChI=1S/C33H22O4/c34-30-24(31(35)27-17-21-11-7-6-10-20(21)16-26(27)30)14-4-2-1-3-5-15-25-32(36)28-18-22-12-8-9-13-23(22)19-29(28)33(25)37/h1-4,6-19,30,34H,5H2/b3-1+,4-2?,24-14?. The summed E-state index contributed by atoms with van der Waals surface area (Å²) in [6, 6.07) is 22.7. The first-order chi connectivity index (χ1) is 18.0.